The molecule has 1 N–H and O–H groups in total. The Kier molecular flexibility index (Phi) is 5.81. The van der Waals surface area contributed by atoms with Crippen LogP contribution in [-0.4, -0.2) is 62.7 Å². The number of rotatable bonds is 6. The molecule has 1 atom stereocenters. The molecule has 0 radical (unpaired) electrons. The van der Waals surface area contributed by atoms with E-state index in [0.29, 0.717) is 32.0 Å². The Morgan fingerprint density at radius 3 is 2.70 bits per heavy atom. The molecule has 4 amide bonds. The minimum atomic E-state index is -0.575. The van der Waals surface area contributed by atoms with Gasteiger partial charge in [-0.1, -0.05) is 6.92 Å². The van der Waals surface area contributed by atoms with Crippen LogP contribution >= 0.6 is 11.3 Å². The van der Waals surface area contributed by atoms with Gasteiger partial charge in [-0.15, -0.1) is 11.3 Å². The molecule has 0 aromatic carbocycles. The molecule has 9 heteroatoms. The largest absolute Gasteiger partial charge is 0.343 e. The van der Waals surface area contributed by atoms with E-state index in [2.05, 4.69) is 22.0 Å². The summed E-state index contributed by atoms with van der Waals surface area (Å²) in [7, 11) is 0. The molecule has 2 saturated heterocycles. The van der Waals surface area contributed by atoms with E-state index in [0.717, 1.165) is 30.8 Å². The lowest BCUT2D eigenvalue weighted by Gasteiger charge is -2.31. The molecule has 2 aliphatic rings. The Labute approximate surface area is 180 Å². The summed E-state index contributed by atoms with van der Waals surface area (Å²) in [5.41, 5.74) is 2.37. The van der Waals surface area contributed by atoms with E-state index in [1.165, 1.54) is 15.4 Å². The smallest absolute Gasteiger partial charge is 0.324 e. The fourth-order valence-electron chi connectivity index (χ4n) is 4.56. The Hall–Kier alpha value is -2.42. The molecule has 30 heavy (non-hydrogen) atoms. The lowest BCUT2D eigenvalue weighted by Crippen LogP contribution is -2.39. The monoisotopic (exact) mass is 431 g/mol. The molecule has 2 aromatic heterocycles. The number of hydrogen-bond donors (Lipinski definition) is 1. The van der Waals surface area contributed by atoms with Crippen LogP contribution in [0.15, 0.2) is 5.38 Å². The van der Waals surface area contributed by atoms with Gasteiger partial charge in [-0.3, -0.25) is 18.9 Å². The van der Waals surface area contributed by atoms with Gasteiger partial charge < -0.3 is 10.2 Å². The van der Waals surface area contributed by atoms with Gasteiger partial charge in [-0.2, -0.15) is 0 Å². The van der Waals surface area contributed by atoms with E-state index in [-0.39, 0.29) is 24.3 Å². The minimum Gasteiger partial charge on any atom is -0.343 e. The predicted molar refractivity (Wildman–Crippen MR) is 115 cm³/mol. The maximum atomic E-state index is 12.7. The number of aromatic nitrogens is 2. The number of amides is 4. The van der Waals surface area contributed by atoms with Gasteiger partial charge in [0.15, 0.2) is 0 Å². The molecule has 0 bridgehead atoms. The van der Waals surface area contributed by atoms with E-state index in [1.807, 2.05) is 18.7 Å². The van der Waals surface area contributed by atoms with Crippen LogP contribution in [0.3, 0.4) is 0 Å². The van der Waals surface area contributed by atoms with Crippen molar-refractivity contribution in [1.29, 1.82) is 0 Å². The van der Waals surface area contributed by atoms with Crippen molar-refractivity contribution < 1.29 is 14.4 Å². The van der Waals surface area contributed by atoms with E-state index in [4.69, 9.17) is 4.98 Å². The fourth-order valence-corrected chi connectivity index (χ4v) is 5.66. The number of nitrogens with one attached hydrogen (secondary N) is 1. The zero-order valence-corrected chi connectivity index (χ0v) is 18.6. The highest BCUT2D eigenvalue weighted by Gasteiger charge is 2.37. The number of aryl methyl sites for hydroxylation is 2. The van der Waals surface area contributed by atoms with Crippen LogP contribution in [-0.2, 0) is 9.59 Å². The van der Waals surface area contributed by atoms with Crippen molar-refractivity contribution in [2.24, 2.45) is 0 Å². The Bertz CT molecular complexity index is 973. The molecule has 0 aliphatic carbocycles. The van der Waals surface area contributed by atoms with Gasteiger partial charge in [0.25, 0.3) is 5.91 Å². The van der Waals surface area contributed by atoms with Crippen molar-refractivity contribution in [2.45, 2.75) is 64.8 Å². The summed E-state index contributed by atoms with van der Waals surface area (Å²) in [6, 6.07) is -0.917. The SMILES string of the molecule is CCCN1C(=O)NC(CCC(=O)N2CCC(c3nc(C)n4c(C)csc34)CC2)C1=O. The maximum Gasteiger partial charge on any atom is 0.324 e. The number of likely N-dealkylation sites (tertiary alicyclic amines) is 1. The van der Waals surface area contributed by atoms with Gasteiger partial charge in [-0.05, 0) is 39.5 Å². The predicted octanol–water partition coefficient (Wildman–Crippen LogP) is 2.83. The van der Waals surface area contributed by atoms with Crippen LogP contribution in [0.1, 0.15) is 62.2 Å². The molecule has 0 saturated carbocycles. The van der Waals surface area contributed by atoms with Gasteiger partial charge >= 0.3 is 6.03 Å². The first kappa shape index (κ1) is 20.8. The first-order chi connectivity index (χ1) is 14.4. The summed E-state index contributed by atoms with van der Waals surface area (Å²) in [5, 5.41) is 4.87. The van der Waals surface area contributed by atoms with Crippen molar-refractivity contribution in [3.63, 3.8) is 0 Å². The summed E-state index contributed by atoms with van der Waals surface area (Å²) in [6.07, 6.45) is 3.17. The number of imidazole rings is 1. The Morgan fingerprint density at radius 2 is 2.00 bits per heavy atom. The number of hydrogen-bond acceptors (Lipinski definition) is 5. The summed E-state index contributed by atoms with van der Waals surface area (Å²) >= 11 is 1.74. The molecule has 4 heterocycles. The molecule has 2 fully saturated rings. The van der Waals surface area contributed by atoms with Gasteiger partial charge in [0.2, 0.25) is 5.91 Å². The number of piperidine rings is 1. The molecule has 2 aromatic rings. The molecule has 8 nitrogen and oxygen atoms in total. The first-order valence-corrected chi connectivity index (χ1v) is 11.6. The van der Waals surface area contributed by atoms with Gasteiger partial charge in [0.05, 0.1) is 5.69 Å². The summed E-state index contributed by atoms with van der Waals surface area (Å²) in [6.45, 7) is 7.91. The van der Waals surface area contributed by atoms with Crippen molar-refractivity contribution in [2.75, 3.05) is 19.6 Å². The van der Waals surface area contributed by atoms with E-state index in [1.54, 1.807) is 11.3 Å². The third kappa shape index (κ3) is 3.71. The second-order valence-electron chi connectivity index (χ2n) is 8.25. The van der Waals surface area contributed by atoms with Gasteiger partial charge in [-0.25, -0.2) is 9.78 Å². The summed E-state index contributed by atoms with van der Waals surface area (Å²) < 4.78 is 2.21. The lowest BCUT2D eigenvalue weighted by molar-refractivity contribution is -0.132. The lowest BCUT2D eigenvalue weighted by atomic mass is 9.93. The number of fused-ring (bicyclic) bond motifs is 1. The standard InChI is InChI=1S/C21H29N5O3S/c1-4-9-25-19(28)16(23-21(25)29)5-6-17(27)24-10-7-15(8-11-24)18-20-26(14(3)22-18)13(2)12-30-20/h12,15-16H,4-11H2,1-3H3,(H,23,29). The molecule has 162 valence electrons. The normalized spacial score (nSPS) is 20.4. The molecular weight excluding hydrogens is 402 g/mol. The van der Waals surface area contributed by atoms with Crippen LogP contribution in [0.4, 0.5) is 4.79 Å². The highest BCUT2D eigenvalue weighted by Crippen LogP contribution is 2.34. The highest BCUT2D eigenvalue weighted by atomic mass is 32.1. The second-order valence-corrected chi connectivity index (χ2v) is 9.11. The maximum absolute atomic E-state index is 12.7. The fraction of sp³-hybridized carbons (Fsp3) is 0.619. The number of thiazole rings is 1. The molecule has 4 rings (SSSR count). The number of nitrogens with zero attached hydrogens (tertiary/aromatic N) is 4. The van der Waals surface area contributed by atoms with Crippen molar-refractivity contribution in [1.82, 2.24) is 24.5 Å². The second kappa shape index (κ2) is 8.37. The zero-order valence-electron chi connectivity index (χ0n) is 17.8. The Morgan fingerprint density at radius 1 is 1.27 bits per heavy atom. The van der Waals surface area contributed by atoms with Crippen LogP contribution < -0.4 is 5.32 Å². The summed E-state index contributed by atoms with van der Waals surface area (Å²) in [5.74, 6) is 1.24. The number of carbonyl (C=O) groups is 3. The number of imide groups is 1. The first-order valence-electron chi connectivity index (χ1n) is 10.7. The third-order valence-electron chi connectivity index (χ3n) is 6.16. The van der Waals surface area contributed by atoms with Crippen molar-refractivity contribution >= 4 is 34.0 Å². The molecular formula is C21H29N5O3S. The third-order valence-corrected chi connectivity index (χ3v) is 7.23. The topological polar surface area (TPSA) is 87.0 Å². The summed E-state index contributed by atoms with van der Waals surface area (Å²) in [4.78, 5) is 46.1. The van der Waals surface area contributed by atoms with Crippen LogP contribution in [0.2, 0.25) is 0 Å². The number of carbonyl (C=O) groups excluding carboxylic acids is 3. The average molecular weight is 432 g/mol. The van der Waals surface area contributed by atoms with Gasteiger partial charge in [0.1, 0.15) is 16.7 Å². The Balaban J connectivity index is 1.30. The van der Waals surface area contributed by atoms with Gasteiger partial charge in [0, 0.05) is 43.0 Å². The quantitative estimate of drug-likeness (QED) is 0.713. The van der Waals surface area contributed by atoms with Crippen LogP contribution in [0.5, 0.6) is 0 Å². The van der Waals surface area contributed by atoms with E-state index in [9.17, 15) is 14.4 Å². The number of urea groups is 1. The van der Waals surface area contributed by atoms with E-state index >= 15 is 0 Å². The van der Waals surface area contributed by atoms with Crippen molar-refractivity contribution in [3.8, 4) is 0 Å². The minimum absolute atomic E-state index is 0.0579. The molecule has 2 aliphatic heterocycles. The zero-order chi connectivity index (χ0) is 21.4. The van der Waals surface area contributed by atoms with Crippen LogP contribution in [0, 0.1) is 13.8 Å². The van der Waals surface area contributed by atoms with Crippen molar-refractivity contribution in [3.05, 3.63) is 22.6 Å². The average Bonchev–Trinajstić information content (AvgIpc) is 3.36. The van der Waals surface area contributed by atoms with E-state index < -0.39 is 6.04 Å². The molecule has 0 spiro atoms. The highest BCUT2D eigenvalue weighted by molar-refractivity contribution is 7.15. The van der Waals surface area contributed by atoms with Crippen LogP contribution in [0.25, 0.3) is 4.83 Å². The molecule has 1 unspecified atom stereocenters.